The van der Waals surface area contributed by atoms with Crippen molar-refractivity contribution in [2.24, 2.45) is 0 Å². The van der Waals surface area contributed by atoms with Crippen molar-refractivity contribution in [2.75, 3.05) is 0 Å². The molecule has 61 heavy (non-hydrogen) atoms. The van der Waals surface area contributed by atoms with E-state index in [9.17, 15) is 0 Å². The highest BCUT2D eigenvalue weighted by molar-refractivity contribution is 6.13. The fraction of sp³-hybridized carbons (Fsp3) is 0.0714. The maximum absolute atomic E-state index is 8.33. The van der Waals surface area contributed by atoms with Crippen LogP contribution in [-0.4, -0.2) is 13.7 Å². The molecule has 10 aromatic rings. The van der Waals surface area contributed by atoms with E-state index in [-0.39, 0.29) is 12.0 Å². The Morgan fingerprint density at radius 2 is 1.02 bits per heavy atom. The maximum Gasteiger partial charge on any atom is 0.188 e. The standard InChI is InChI=1S/C56H37N5/c1-57-40-25-28-55-47(34-40)45-18-9-13-23-53(45)61(55)56-33-37(24-27-49(56)58-2)39-30-38(36-14-4-3-5-15-36)31-42(32-39)60-52-22-12-8-19-46(52)48-35-41(26-29-54(48)60)59-50-20-10-6-16-43(50)44-17-7-11-21-51(44)59/h3-29,31-32,34-35,38,56H,30,33H2. The Hall–Kier alpha value is -8.12. The lowest BCUT2D eigenvalue weighted by atomic mass is 9.81. The molecule has 3 aromatic heterocycles. The van der Waals surface area contributed by atoms with Crippen LogP contribution in [0.15, 0.2) is 205 Å². The van der Waals surface area contributed by atoms with Crippen LogP contribution < -0.4 is 0 Å². The summed E-state index contributed by atoms with van der Waals surface area (Å²) in [6, 6.07) is 58.1. The fourth-order valence-corrected chi connectivity index (χ4v) is 10.3. The van der Waals surface area contributed by atoms with Gasteiger partial charge < -0.3 is 13.7 Å². The zero-order chi connectivity index (χ0) is 40.6. The molecular weight excluding hydrogens is 743 g/mol. The average molecular weight is 780 g/mol. The van der Waals surface area contributed by atoms with Crippen molar-refractivity contribution < 1.29 is 0 Å². The molecule has 2 aliphatic rings. The molecule has 7 aromatic carbocycles. The van der Waals surface area contributed by atoms with Crippen LogP contribution in [0.3, 0.4) is 0 Å². The molecule has 0 radical (unpaired) electrons. The first-order valence-electron chi connectivity index (χ1n) is 20.8. The van der Waals surface area contributed by atoms with Crippen LogP contribution >= 0.6 is 0 Å². The second-order valence-corrected chi connectivity index (χ2v) is 16.2. The summed E-state index contributed by atoms with van der Waals surface area (Å²) in [5, 5.41) is 7.07. The molecule has 0 N–H and O–H groups in total. The first-order valence-corrected chi connectivity index (χ1v) is 20.8. The van der Waals surface area contributed by atoms with Crippen molar-refractivity contribution in [2.45, 2.75) is 24.8 Å². The summed E-state index contributed by atoms with van der Waals surface area (Å²) < 4.78 is 7.20. The number of allylic oxidation sites excluding steroid dienone is 8. The molecule has 5 nitrogen and oxygen atoms in total. The van der Waals surface area contributed by atoms with Gasteiger partial charge in [-0.25, -0.2) is 9.69 Å². The molecule has 12 rings (SSSR count). The highest BCUT2D eigenvalue weighted by atomic mass is 15.0. The lowest BCUT2D eigenvalue weighted by Gasteiger charge is -2.30. The first-order chi connectivity index (χ1) is 30.2. The van der Waals surface area contributed by atoms with Gasteiger partial charge in [0.05, 0.1) is 41.3 Å². The summed E-state index contributed by atoms with van der Waals surface area (Å²) >= 11 is 0. The summed E-state index contributed by atoms with van der Waals surface area (Å²) in [6.45, 7) is 16.0. The predicted molar refractivity (Wildman–Crippen MR) is 252 cm³/mol. The van der Waals surface area contributed by atoms with E-state index in [0.29, 0.717) is 17.8 Å². The zero-order valence-electron chi connectivity index (χ0n) is 33.2. The SMILES string of the molecule is [C-]#[N+]C1=CC=C(C2=CC(n3c4ccccc4c4cc(-n5c6ccccc6c6ccccc65)ccc43)=CC(c3ccccc3)C2)CC1n1c2ccccc2c2cc([N+]#[C-])ccc21. The summed E-state index contributed by atoms with van der Waals surface area (Å²) in [5.41, 5.74) is 14.3. The van der Waals surface area contributed by atoms with Gasteiger partial charge in [-0.2, -0.15) is 0 Å². The van der Waals surface area contributed by atoms with Crippen LogP contribution in [0, 0.1) is 13.1 Å². The Bertz CT molecular complexity index is 3630. The highest BCUT2D eigenvalue weighted by Crippen LogP contribution is 2.46. The van der Waals surface area contributed by atoms with Crippen LogP contribution in [-0.2, 0) is 0 Å². The summed E-state index contributed by atoms with van der Waals surface area (Å²) in [7, 11) is 0. The molecule has 0 saturated heterocycles. The maximum atomic E-state index is 8.33. The molecule has 0 aliphatic heterocycles. The molecular formula is C56H37N5. The van der Waals surface area contributed by atoms with E-state index in [2.05, 4.69) is 193 Å². The van der Waals surface area contributed by atoms with Gasteiger partial charge in [0.25, 0.3) is 0 Å². The van der Waals surface area contributed by atoms with Gasteiger partial charge in [-0.05, 0) is 95.6 Å². The minimum Gasteiger partial charge on any atom is -0.343 e. The van der Waals surface area contributed by atoms with E-state index in [1.165, 1.54) is 54.8 Å². The van der Waals surface area contributed by atoms with Crippen LogP contribution in [0.5, 0.6) is 0 Å². The van der Waals surface area contributed by atoms with E-state index >= 15 is 0 Å². The Morgan fingerprint density at radius 3 is 1.70 bits per heavy atom. The molecule has 2 atom stereocenters. The van der Waals surface area contributed by atoms with Crippen molar-refractivity contribution in [3.8, 4) is 5.69 Å². The molecule has 0 spiro atoms. The van der Waals surface area contributed by atoms with E-state index in [1.54, 1.807) is 0 Å². The average Bonchev–Trinajstić information content (AvgIpc) is 3.96. The quantitative estimate of drug-likeness (QED) is 0.155. The van der Waals surface area contributed by atoms with E-state index in [0.717, 1.165) is 45.1 Å². The number of aromatic nitrogens is 3. The zero-order valence-corrected chi connectivity index (χ0v) is 33.2. The molecule has 0 amide bonds. The number of fused-ring (bicyclic) bond motifs is 9. The van der Waals surface area contributed by atoms with Gasteiger partial charge in [0.2, 0.25) is 0 Å². The van der Waals surface area contributed by atoms with Gasteiger partial charge in [-0.3, -0.25) is 0 Å². The van der Waals surface area contributed by atoms with Gasteiger partial charge in [-0.15, -0.1) is 0 Å². The molecule has 3 heterocycles. The monoisotopic (exact) mass is 779 g/mol. The molecule has 0 saturated carbocycles. The molecule has 2 aliphatic carbocycles. The largest absolute Gasteiger partial charge is 0.343 e. The molecule has 286 valence electrons. The van der Waals surface area contributed by atoms with E-state index in [4.69, 9.17) is 13.1 Å². The summed E-state index contributed by atoms with van der Waals surface area (Å²) in [6.07, 6.45) is 10.6. The number of rotatable bonds is 5. The fourth-order valence-electron chi connectivity index (χ4n) is 10.3. The third-order valence-electron chi connectivity index (χ3n) is 13.0. The van der Waals surface area contributed by atoms with Crippen molar-refractivity contribution in [3.63, 3.8) is 0 Å². The summed E-state index contributed by atoms with van der Waals surface area (Å²) in [5.74, 6) is 0.148. The second kappa shape index (κ2) is 13.7. The number of benzene rings is 7. The smallest absolute Gasteiger partial charge is 0.188 e. The lowest BCUT2D eigenvalue weighted by molar-refractivity contribution is 0.603. The van der Waals surface area contributed by atoms with E-state index in [1.807, 2.05) is 18.2 Å². The first kappa shape index (κ1) is 34.9. The van der Waals surface area contributed by atoms with Crippen LogP contribution in [0.25, 0.3) is 86.5 Å². The van der Waals surface area contributed by atoms with Gasteiger partial charge in [0, 0.05) is 55.3 Å². The van der Waals surface area contributed by atoms with Gasteiger partial charge in [0.15, 0.2) is 11.4 Å². The molecule has 0 bridgehead atoms. The summed E-state index contributed by atoms with van der Waals surface area (Å²) in [4.78, 5) is 7.86. The van der Waals surface area contributed by atoms with Crippen molar-refractivity contribution in [1.82, 2.24) is 13.7 Å². The minimum atomic E-state index is -0.198. The molecule has 5 heteroatoms. The Kier molecular flexibility index (Phi) is 7.85. The molecule has 2 unspecified atom stereocenters. The Labute approximate surface area is 352 Å². The third kappa shape index (κ3) is 5.38. The number of para-hydroxylation sites is 4. The van der Waals surface area contributed by atoms with Crippen LogP contribution in [0.2, 0.25) is 0 Å². The third-order valence-corrected chi connectivity index (χ3v) is 13.0. The Balaban J connectivity index is 1.02. The molecule has 0 fully saturated rings. The van der Waals surface area contributed by atoms with Crippen molar-refractivity contribution in [1.29, 1.82) is 0 Å². The number of hydrogen-bond acceptors (Lipinski definition) is 0. The van der Waals surface area contributed by atoms with Gasteiger partial charge in [0.1, 0.15) is 0 Å². The van der Waals surface area contributed by atoms with Crippen LogP contribution in [0.4, 0.5) is 5.69 Å². The second-order valence-electron chi connectivity index (χ2n) is 16.2. The normalized spacial score (nSPS) is 16.8. The van der Waals surface area contributed by atoms with Gasteiger partial charge >= 0.3 is 0 Å². The highest BCUT2D eigenvalue weighted by Gasteiger charge is 2.30. The predicted octanol–water partition coefficient (Wildman–Crippen LogP) is 14.9. The van der Waals surface area contributed by atoms with E-state index < -0.39 is 0 Å². The minimum absolute atomic E-state index is 0.148. The van der Waals surface area contributed by atoms with Crippen LogP contribution in [0.1, 0.15) is 30.4 Å². The van der Waals surface area contributed by atoms with Crippen molar-refractivity contribution >= 4 is 76.8 Å². The Morgan fingerprint density at radius 1 is 0.459 bits per heavy atom. The number of hydrogen-bond donors (Lipinski definition) is 0. The van der Waals surface area contributed by atoms with Crippen molar-refractivity contribution in [3.05, 3.63) is 233 Å². The lowest BCUT2D eigenvalue weighted by Crippen LogP contribution is -2.16. The topological polar surface area (TPSA) is 23.5 Å². The van der Waals surface area contributed by atoms with Gasteiger partial charge in [-0.1, -0.05) is 127 Å². The number of nitrogens with zero attached hydrogens (tertiary/aromatic N) is 5.